The number of benzene rings is 10. The van der Waals surface area contributed by atoms with Crippen molar-refractivity contribution in [2.75, 3.05) is 4.90 Å². The number of anilines is 3. The third-order valence-corrected chi connectivity index (χ3v) is 20.5. The second-order valence-electron chi connectivity index (χ2n) is 23.0. The normalized spacial score (nSPS) is 17.0. The predicted molar refractivity (Wildman–Crippen MR) is 319 cm³/mol. The van der Waals surface area contributed by atoms with Crippen molar-refractivity contribution in [2.24, 2.45) is 0 Å². The molecule has 11 aromatic rings. The summed E-state index contributed by atoms with van der Waals surface area (Å²) in [7, 11) is 0. The Bertz CT molecular complexity index is 4130. The second kappa shape index (κ2) is 16.8. The number of fused-ring (bicyclic) bond motifs is 22. The largest absolute Gasteiger partial charge is 0.457 e. The van der Waals surface area contributed by atoms with Crippen LogP contribution < -0.4 is 9.64 Å². The third-order valence-electron chi connectivity index (χ3n) is 19.3. The van der Waals surface area contributed by atoms with Gasteiger partial charge in [0.25, 0.3) is 0 Å². The van der Waals surface area contributed by atoms with Crippen LogP contribution in [0.3, 0.4) is 0 Å². The summed E-state index contributed by atoms with van der Waals surface area (Å²) in [6.07, 6.45) is 12.8. The average molecular weight is 1010 g/mol. The summed E-state index contributed by atoms with van der Waals surface area (Å²) in [6, 6.07) is 82.5. The molecule has 0 saturated heterocycles. The Morgan fingerprint density at radius 2 is 0.779 bits per heavy atom. The minimum atomic E-state index is -0.615. The number of ether oxygens (including phenoxy) is 1. The molecule has 2 nitrogen and oxygen atoms in total. The zero-order valence-corrected chi connectivity index (χ0v) is 44.0. The van der Waals surface area contributed by atoms with Crippen molar-refractivity contribution in [3.05, 3.63) is 268 Å². The van der Waals surface area contributed by atoms with Crippen molar-refractivity contribution in [2.45, 2.75) is 86.9 Å². The van der Waals surface area contributed by atoms with Gasteiger partial charge in [0, 0.05) is 38.0 Å². The fourth-order valence-corrected chi connectivity index (χ4v) is 17.3. The SMILES string of the molecule is c1ccc2c(c1)-c1ccc(N(c3ccc4c(c3)C3(c5ccccc5-c5ccccc53)c3ccccc3-4)c3cccc4c3sc3ccccc34)cc1C21c2cc(C3CCCCC3)ccc2Oc2ccc(C3CCCCC3)cc21. The van der Waals surface area contributed by atoms with Crippen LogP contribution in [0.2, 0.25) is 0 Å². The Labute approximate surface area is 455 Å². The molecule has 17 rings (SSSR count). The lowest BCUT2D eigenvalue weighted by Crippen LogP contribution is -2.33. The van der Waals surface area contributed by atoms with E-state index in [0.29, 0.717) is 11.8 Å². The van der Waals surface area contributed by atoms with Crippen LogP contribution in [-0.4, -0.2) is 0 Å². The first kappa shape index (κ1) is 44.2. The molecule has 0 atom stereocenters. The van der Waals surface area contributed by atoms with Gasteiger partial charge in [-0.1, -0.05) is 202 Å². The Kier molecular flexibility index (Phi) is 9.62. The van der Waals surface area contributed by atoms with E-state index in [-0.39, 0.29) is 0 Å². The molecule has 2 saturated carbocycles. The van der Waals surface area contributed by atoms with Crippen molar-refractivity contribution in [1.82, 2.24) is 0 Å². The zero-order chi connectivity index (χ0) is 50.4. The van der Waals surface area contributed by atoms with Gasteiger partial charge in [0.05, 0.1) is 21.2 Å². The van der Waals surface area contributed by atoms with Crippen LogP contribution in [0.1, 0.15) is 132 Å². The predicted octanol–water partition coefficient (Wildman–Crippen LogP) is 20.4. The maximum atomic E-state index is 7.23. The van der Waals surface area contributed by atoms with E-state index >= 15 is 0 Å². The molecule has 2 spiro atoms. The molecule has 77 heavy (non-hydrogen) atoms. The van der Waals surface area contributed by atoms with E-state index in [9.17, 15) is 0 Å². The zero-order valence-electron chi connectivity index (χ0n) is 43.2. The molecule has 0 radical (unpaired) electrons. The summed E-state index contributed by atoms with van der Waals surface area (Å²) in [5, 5.41) is 2.60. The minimum Gasteiger partial charge on any atom is -0.457 e. The highest BCUT2D eigenvalue weighted by molar-refractivity contribution is 7.26. The molecule has 0 bridgehead atoms. The van der Waals surface area contributed by atoms with Crippen LogP contribution in [0, 0.1) is 0 Å². The molecule has 1 aliphatic heterocycles. The van der Waals surface area contributed by atoms with Gasteiger partial charge in [0.1, 0.15) is 11.5 Å². The smallest absolute Gasteiger partial charge is 0.132 e. The lowest BCUT2D eigenvalue weighted by molar-refractivity contribution is 0.424. The molecule has 0 N–H and O–H groups in total. The summed E-state index contributed by atoms with van der Waals surface area (Å²) in [5.41, 5.74) is 23.9. The molecule has 6 aliphatic rings. The van der Waals surface area contributed by atoms with E-state index in [1.807, 2.05) is 11.3 Å². The van der Waals surface area contributed by atoms with Gasteiger partial charge in [-0.2, -0.15) is 0 Å². The van der Waals surface area contributed by atoms with Crippen LogP contribution in [-0.2, 0) is 10.8 Å². The Morgan fingerprint density at radius 1 is 0.351 bits per heavy atom. The van der Waals surface area contributed by atoms with Crippen LogP contribution in [0.15, 0.2) is 212 Å². The molecule has 2 fully saturated rings. The summed E-state index contributed by atoms with van der Waals surface area (Å²) in [4.78, 5) is 2.62. The van der Waals surface area contributed by atoms with Crippen molar-refractivity contribution in [3.8, 4) is 44.9 Å². The van der Waals surface area contributed by atoms with Crippen molar-refractivity contribution in [1.29, 1.82) is 0 Å². The standard InChI is InChI=1S/C74H57NOS/c1-3-18-46(19-4-1)48-34-40-69-66(42-48)74(67-43-49(35-41-70(67)76-69)47-20-5-2-6-21-47)63-31-15-10-25-55(63)57-39-37-51(45-65(57)74)75(68-32-17-27-59-58-26-11-16-33-71(58)77-72(59)68)50-36-38-56-54-24-9-14-30-62(54)73(64(56)44-50)60-28-12-7-22-52(60)53-23-8-13-29-61(53)73/h7-17,22-47H,1-6,18-21H2. The van der Waals surface area contributed by atoms with Gasteiger partial charge in [-0.25, -0.2) is 0 Å². The summed E-state index contributed by atoms with van der Waals surface area (Å²) >= 11 is 1.91. The molecule has 2 heterocycles. The van der Waals surface area contributed by atoms with Gasteiger partial charge in [-0.05, 0) is 164 Å². The maximum absolute atomic E-state index is 7.23. The lowest BCUT2D eigenvalue weighted by Gasteiger charge is -2.41. The van der Waals surface area contributed by atoms with Crippen molar-refractivity contribution < 1.29 is 4.74 Å². The number of hydrogen-bond acceptors (Lipinski definition) is 3. The fraction of sp³-hybridized carbons (Fsp3) is 0.189. The molecule has 10 aromatic carbocycles. The second-order valence-corrected chi connectivity index (χ2v) is 24.1. The first-order chi connectivity index (χ1) is 38.2. The van der Waals surface area contributed by atoms with Gasteiger partial charge < -0.3 is 9.64 Å². The van der Waals surface area contributed by atoms with E-state index in [4.69, 9.17) is 4.74 Å². The van der Waals surface area contributed by atoms with Gasteiger partial charge in [-0.15, -0.1) is 11.3 Å². The average Bonchev–Trinajstić information content (AvgIpc) is 4.33. The van der Waals surface area contributed by atoms with E-state index in [1.54, 1.807) is 0 Å². The van der Waals surface area contributed by atoms with Gasteiger partial charge in [0.15, 0.2) is 0 Å². The molecular weight excluding hydrogens is 951 g/mol. The van der Waals surface area contributed by atoms with Crippen LogP contribution >= 0.6 is 11.3 Å². The monoisotopic (exact) mass is 1010 g/mol. The number of nitrogens with zero attached hydrogens (tertiary/aromatic N) is 1. The molecule has 5 aliphatic carbocycles. The van der Waals surface area contributed by atoms with Crippen LogP contribution in [0.25, 0.3) is 53.6 Å². The third kappa shape index (κ3) is 6.07. The van der Waals surface area contributed by atoms with Gasteiger partial charge in [-0.3, -0.25) is 0 Å². The summed E-state index contributed by atoms with van der Waals surface area (Å²) in [6.45, 7) is 0. The highest BCUT2D eigenvalue weighted by Gasteiger charge is 2.54. The Balaban J connectivity index is 0.952. The van der Waals surface area contributed by atoms with E-state index in [2.05, 4.69) is 217 Å². The quantitative estimate of drug-likeness (QED) is 0.170. The molecular formula is C74H57NOS. The van der Waals surface area contributed by atoms with E-state index < -0.39 is 10.8 Å². The van der Waals surface area contributed by atoms with Crippen molar-refractivity contribution >= 4 is 48.6 Å². The topological polar surface area (TPSA) is 12.5 Å². The van der Waals surface area contributed by atoms with E-state index in [0.717, 1.165) is 22.9 Å². The maximum Gasteiger partial charge on any atom is 0.132 e. The highest BCUT2D eigenvalue weighted by Crippen LogP contribution is 2.66. The summed E-state index contributed by atoms with van der Waals surface area (Å²) < 4.78 is 9.82. The summed E-state index contributed by atoms with van der Waals surface area (Å²) in [5.74, 6) is 3.05. The molecule has 0 unspecified atom stereocenters. The highest BCUT2D eigenvalue weighted by atomic mass is 32.1. The first-order valence-electron chi connectivity index (χ1n) is 28.5. The van der Waals surface area contributed by atoms with Gasteiger partial charge in [0.2, 0.25) is 0 Å². The fourth-order valence-electron chi connectivity index (χ4n) is 16.0. The number of rotatable bonds is 5. The lowest BCUT2D eigenvalue weighted by atomic mass is 9.64. The number of thiophene rings is 1. The number of hydrogen-bond donors (Lipinski definition) is 0. The molecule has 3 heteroatoms. The Morgan fingerprint density at radius 3 is 1.29 bits per heavy atom. The first-order valence-corrected chi connectivity index (χ1v) is 29.3. The molecule has 0 amide bonds. The van der Waals surface area contributed by atoms with Crippen LogP contribution in [0.4, 0.5) is 17.1 Å². The van der Waals surface area contributed by atoms with Crippen LogP contribution in [0.5, 0.6) is 11.5 Å². The van der Waals surface area contributed by atoms with Gasteiger partial charge >= 0.3 is 0 Å². The minimum absolute atomic E-state index is 0.477. The molecule has 370 valence electrons. The van der Waals surface area contributed by atoms with E-state index in [1.165, 1.54) is 179 Å². The molecule has 1 aromatic heterocycles. The Hall–Kier alpha value is -7.98. The van der Waals surface area contributed by atoms with Crippen molar-refractivity contribution in [3.63, 3.8) is 0 Å².